The summed E-state index contributed by atoms with van der Waals surface area (Å²) in [6.45, 7) is -0.0319. The first-order valence-electron chi connectivity index (χ1n) is 4.81. The van der Waals surface area contributed by atoms with E-state index in [0.29, 0.717) is 6.54 Å². The van der Waals surface area contributed by atoms with Gasteiger partial charge in [-0.3, -0.25) is 0 Å². The molecule has 4 nitrogen and oxygen atoms in total. The first kappa shape index (κ1) is 14.2. The third kappa shape index (κ3) is 5.17. The molecule has 0 aliphatic rings. The number of nitrogens with one attached hydrogen (secondary N) is 1. The highest BCUT2D eigenvalue weighted by Crippen LogP contribution is 2.03. The number of thioether (sulfide) groups is 1. The van der Waals surface area contributed by atoms with Gasteiger partial charge in [-0.2, -0.15) is 11.8 Å². The van der Waals surface area contributed by atoms with Crippen LogP contribution in [0.4, 0.5) is 0 Å². The van der Waals surface area contributed by atoms with Gasteiger partial charge in [0.15, 0.2) is 0 Å². The van der Waals surface area contributed by atoms with Crippen molar-refractivity contribution in [3.05, 3.63) is 0 Å². The van der Waals surface area contributed by atoms with Crippen molar-refractivity contribution in [3.63, 3.8) is 0 Å². The summed E-state index contributed by atoms with van der Waals surface area (Å²) < 4.78 is 0. The largest absolute Gasteiger partial charge is 0.394 e. The smallest absolute Gasteiger partial charge is 0.0881 e. The lowest BCUT2D eigenvalue weighted by molar-refractivity contribution is 0.0426. The van der Waals surface area contributed by atoms with Crippen LogP contribution in [0.5, 0.6) is 0 Å². The summed E-state index contributed by atoms with van der Waals surface area (Å²) >= 11 is 1.80. The molecule has 0 saturated carbocycles. The molecular weight excluding hydrogens is 202 g/mol. The van der Waals surface area contributed by atoms with Crippen molar-refractivity contribution in [2.45, 2.75) is 18.4 Å². The average Bonchev–Trinajstić information content (AvgIpc) is 2.24. The molecule has 0 aromatic carbocycles. The summed E-state index contributed by atoms with van der Waals surface area (Å²) in [6, 6.07) is 0. The molecule has 0 aliphatic carbocycles. The Morgan fingerprint density at radius 3 is 2.07 bits per heavy atom. The third-order valence-corrected chi connectivity index (χ3v) is 2.88. The molecular formula is C9H21NO3S. The van der Waals surface area contributed by atoms with Crippen molar-refractivity contribution in [1.29, 1.82) is 0 Å². The molecule has 86 valence electrons. The number of unbranched alkanes of at least 4 members (excludes halogenated alkanes) is 1. The summed E-state index contributed by atoms with van der Waals surface area (Å²) in [5, 5.41) is 30.0. The normalized spacial score (nSPS) is 12.0. The number of hydrogen-bond acceptors (Lipinski definition) is 5. The molecule has 0 rings (SSSR count). The van der Waals surface area contributed by atoms with Crippen LogP contribution in [0.25, 0.3) is 0 Å². The molecule has 0 fully saturated rings. The zero-order valence-corrected chi connectivity index (χ0v) is 9.52. The molecule has 0 amide bonds. The average molecular weight is 223 g/mol. The molecule has 0 saturated heterocycles. The molecule has 0 bridgehead atoms. The molecule has 4 N–H and O–H groups in total. The Labute approximate surface area is 89.7 Å². The molecule has 0 spiro atoms. The monoisotopic (exact) mass is 223 g/mol. The maximum absolute atomic E-state index is 8.99. The zero-order chi connectivity index (χ0) is 10.9. The molecule has 0 aliphatic heterocycles. The fourth-order valence-corrected chi connectivity index (χ4v) is 1.54. The van der Waals surface area contributed by atoms with E-state index in [4.69, 9.17) is 15.3 Å². The highest BCUT2D eigenvalue weighted by Gasteiger charge is 2.26. The van der Waals surface area contributed by atoms with Gasteiger partial charge in [0.05, 0.1) is 25.4 Å². The molecule has 0 radical (unpaired) electrons. The maximum Gasteiger partial charge on any atom is 0.0881 e. The quantitative estimate of drug-likeness (QED) is 0.394. The number of aliphatic hydroxyl groups excluding tert-OH is 3. The predicted octanol–water partition coefficient (Wildman–Crippen LogP) is -0.565. The van der Waals surface area contributed by atoms with E-state index in [0.717, 1.165) is 18.6 Å². The van der Waals surface area contributed by atoms with Gasteiger partial charge in [0.1, 0.15) is 0 Å². The Kier molecular flexibility index (Phi) is 8.61. The Hall–Kier alpha value is 0.190. The van der Waals surface area contributed by atoms with Crippen LogP contribution in [0.3, 0.4) is 0 Å². The summed E-state index contributed by atoms with van der Waals surface area (Å²) in [5.41, 5.74) is -0.917. The van der Waals surface area contributed by atoms with E-state index in [1.165, 1.54) is 0 Å². The Balaban J connectivity index is 3.61. The van der Waals surface area contributed by atoms with Crippen molar-refractivity contribution in [2.24, 2.45) is 0 Å². The maximum atomic E-state index is 8.99. The highest BCUT2D eigenvalue weighted by molar-refractivity contribution is 7.98. The van der Waals surface area contributed by atoms with Gasteiger partial charge in [0.25, 0.3) is 0 Å². The predicted molar refractivity (Wildman–Crippen MR) is 59.6 cm³/mol. The minimum absolute atomic E-state index is 0.247. The van der Waals surface area contributed by atoms with Crippen molar-refractivity contribution >= 4 is 11.8 Å². The lowest BCUT2D eigenvalue weighted by atomic mass is 10.0. The molecule has 0 aromatic rings. The SMILES string of the molecule is CSCCCCNC(CO)(CO)CO. The Morgan fingerprint density at radius 1 is 1.07 bits per heavy atom. The highest BCUT2D eigenvalue weighted by atomic mass is 32.2. The Morgan fingerprint density at radius 2 is 1.64 bits per heavy atom. The van der Waals surface area contributed by atoms with Crippen LogP contribution in [0.2, 0.25) is 0 Å². The van der Waals surface area contributed by atoms with Crippen LogP contribution < -0.4 is 5.32 Å². The van der Waals surface area contributed by atoms with Crippen LogP contribution in [0.1, 0.15) is 12.8 Å². The van der Waals surface area contributed by atoms with Crippen LogP contribution in [-0.4, -0.2) is 59.2 Å². The Bertz CT molecular complexity index is 123. The molecule has 5 heteroatoms. The molecule has 0 heterocycles. The standard InChI is InChI=1S/C9H21NO3S/c1-14-5-3-2-4-10-9(6-11,7-12)8-13/h10-13H,2-8H2,1H3. The number of aliphatic hydroxyl groups is 3. The van der Waals surface area contributed by atoms with Crippen molar-refractivity contribution in [3.8, 4) is 0 Å². The fourth-order valence-electron chi connectivity index (χ4n) is 1.04. The van der Waals surface area contributed by atoms with E-state index < -0.39 is 5.54 Å². The summed E-state index contributed by atoms with van der Waals surface area (Å²) in [7, 11) is 0. The lowest BCUT2D eigenvalue weighted by Crippen LogP contribution is -2.55. The third-order valence-electron chi connectivity index (χ3n) is 2.18. The van der Waals surface area contributed by atoms with E-state index >= 15 is 0 Å². The minimum Gasteiger partial charge on any atom is -0.394 e. The van der Waals surface area contributed by atoms with Gasteiger partial charge in [-0.05, 0) is 31.4 Å². The van der Waals surface area contributed by atoms with E-state index in [-0.39, 0.29) is 19.8 Å². The summed E-state index contributed by atoms with van der Waals surface area (Å²) in [5.74, 6) is 1.12. The van der Waals surface area contributed by atoms with Crippen molar-refractivity contribution in [2.75, 3.05) is 38.4 Å². The molecule has 0 aromatic heterocycles. The van der Waals surface area contributed by atoms with Crippen LogP contribution >= 0.6 is 11.8 Å². The van der Waals surface area contributed by atoms with E-state index in [2.05, 4.69) is 11.6 Å². The van der Waals surface area contributed by atoms with Gasteiger partial charge in [-0.15, -0.1) is 0 Å². The first-order chi connectivity index (χ1) is 6.74. The van der Waals surface area contributed by atoms with Gasteiger partial charge >= 0.3 is 0 Å². The van der Waals surface area contributed by atoms with Gasteiger partial charge in [-0.25, -0.2) is 0 Å². The number of rotatable bonds is 9. The van der Waals surface area contributed by atoms with Gasteiger partial charge in [0.2, 0.25) is 0 Å². The first-order valence-corrected chi connectivity index (χ1v) is 6.20. The molecule has 0 atom stereocenters. The zero-order valence-electron chi connectivity index (χ0n) is 8.70. The lowest BCUT2D eigenvalue weighted by Gasteiger charge is -2.28. The fraction of sp³-hybridized carbons (Fsp3) is 1.00. The number of hydrogen-bond donors (Lipinski definition) is 4. The second-order valence-electron chi connectivity index (χ2n) is 3.38. The molecule has 14 heavy (non-hydrogen) atoms. The van der Waals surface area contributed by atoms with Crippen LogP contribution in [-0.2, 0) is 0 Å². The second-order valence-corrected chi connectivity index (χ2v) is 4.37. The molecule has 0 unspecified atom stereocenters. The van der Waals surface area contributed by atoms with E-state index in [9.17, 15) is 0 Å². The van der Waals surface area contributed by atoms with Crippen molar-refractivity contribution in [1.82, 2.24) is 5.32 Å². The van der Waals surface area contributed by atoms with Crippen molar-refractivity contribution < 1.29 is 15.3 Å². The second kappa shape index (κ2) is 8.49. The van der Waals surface area contributed by atoms with Crippen LogP contribution in [0, 0.1) is 0 Å². The van der Waals surface area contributed by atoms with E-state index in [1.54, 1.807) is 11.8 Å². The van der Waals surface area contributed by atoms with Gasteiger partial charge in [0, 0.05) is 0 Å². The van der Waals surface area contributed by atoms with Gasteiger partial charge in [-0.1, -0.05) is 0 Å². The summed E-state index contributed by atoms with van der Waals surface area (Å²) in [6.07, 6.45) is 4.15. The minimum atomic E-state index is -0.917. The summed E-state index contributed by atoms with van der Waals surface area (Å²) in [4.78, 5) is 0. The van der Waals surface area contributed by atoms with E-state index in [1.807, 2.05) is 0 Å². The van der Waals surface area contributed by atoms with Gasteiger partial charge < -0.3 is 20.6 Å². The van der Waals surface area contributed by atoms with Crippen LogP contribution in [0.15, 0.2) is 0 Å². The topological polar surface area (TPSA) is 72.7 Å².